The molecule has 2 amide bonds. The number of urea groups is 1. The van der Waals surface area contributed by atoms with Gasteiger partial charge in [-0.25, -0.2) is 4.79 Å². The molecule has 7 nitrogen and oxygen atoms in total. The summed E-state index contributed by atoms with van der Waals surface area (Å²) in [6, 6.07) is 11.6. The molecule has 0 aliphatic carbocycles. The van der Waals surface area contributed by atoms with Crippen LogP contribution in [-0.2, 0) is 6.54 Å². The Hall–Kier alpha value is -3.36. The number of ether oxygens (including phenoxy) is 2. The number of halogens is 2. The summed E-state index contributed by atoms with van der Waals surface area (Å²) >= 11 is 0. The third-order valence-electron chi connectivity index (χ3n) is 5.28. The lowest BCUT2D eigenvalue weighted by Gasteiger charge is -2.32. The molecule has 3 heterocycles. The van der Waals surface area contributed by atoms with E-state index in [1.165, 1.54) is 17.0 Å². The second-order valence-corrected chi connectivity index (χ2v) is 7.37. The van der Waals surface area contributed by atoms with E-state index >= 15 is 0 Å². The summed E-state index contributed by atoms with van der Waals surface area (Å²) < 4.78 is 41.1. The van der Waals surface area contributed by atoms with Crippen LogP contribution in [0, 0.1) is 0 Å². The second-order valence-electron chi connectivity index (χ2n) is 7.37. The molecular weight excluding hydrogens is 396 g/mol. The lowest BCUT2D eigenvalue weighted by atomic mass is 10.1. The van der Waals surface area contributed by atoms with Gasteiger partial charge < -0.3 is 18.9 Å². The molecule has 2 aliphatic heterocycles. The van der Waals surface area contributed by atoms with Crippen LogP contribution in [0.25, 0.3) is 11.0 Å². The number of nitrogens with zero attached hydrogens (tertiary/aromatic N) is 3. The molecule has 0 spiro atoms. The van der Waals surface area contributed by atoms with Crippen LogP contribution in [-0.4, -0.2) is 35.5 Å². The van der Waals surface area contributed by atoms with E-state index in [-0.39, 0.29) is 24.1 Å². The van der Waals surface area contributed by atoms with Crippen LogP contribution in [0.15, 0.2) is 47.0 Å². The maximum Gasteiger partial charge on any atom is 0.586 e. The third-order valence-corrected chi connectivity index (χ3v) is 5.28. The van der Waals surface area contributed by atoms with E-state index in [0.717, 1.165) is 19.3 Å². The number of fused-ring (bicyclic) bond motifs is 2. The predicted octanol–water partition coefficient (Wildman–Crippen LogP) is 4.76. The summed E-state index contributed by atoms with van der Waals surface area (Å²) in [6.07, 6.45) is -0.712. The van der Waals surface area contributed by atoms with E-state index < -0.39 is 6.29 Å². The molecule has 0 unspecified atom stereocenters. The minimum absolute atomic E-state index is 0.0375. The lowest BCUT2D eigenvalue weighted by Crippen LogP contribution is -2.45. The Balaban J connectivity index is 1.50. The molecule has 0 saturated carbocycles. The normalized spacial score (nSPS) is 17.3. The summed E-state index contributed by atoms with van der Waals surface area (Å²) in [7, 11) is 0. The molecule has 1 aromatic heterocycles. The number of alkyl halides is 2. The van der Waals surface area contributed by atoms with Crippen LogP contribution in [0.2, 0.25) is 0 Å². The SMILES string of the molecule is O=C(N1CCCCC1)N(Cc1ccc2c(c1)OC(F)(F)O2)c1noc2ccccc12. The first kappa shape index (κ1) is 18.7. The van der Waals surface area contributed by atoms with Gasteiger partial charge in [0, 0.05) is 13.1 Å². The number of likely N-dealkylation sites (tertiary alicyclic amines) is 1. The van der Waals surface area contributed by atoms with Gasteiger partial charge in [-0.2, -0.15) is 0 Å². The Morgan fingerprint density at radius 1 is 1.07 bits per heavy atom. The van der Waals surface area contributed by atoms with Crippen molar-refractivity contribution in [3.8, 4) is 11.5 Å². The highest BCUT2D eigenvalue weighted by molar-refractivity contribution is 5.99. The first-order chi connectivity index (χ1) is 14.5. The van der Waals surface area contributed by atoms with E-state index in [2.05, 4.69) is 14.6 Å². The van der Waals surface area contributed by atoms with Crippen molar-refractivity contribution in [2.45, 2.75) is 32.1 Å². The van der Waals surface area contributed by atoms with Gasteiger partial charge >= 0.3 is 12.3 Å². The molecule has 0 bridgehead atoms. The number of hydrogen-bond acceptors (Lipinski definition) is 5. The summed E-state index contributed by atoms with van der Waals surface area (Å²) in [5.41, 5.74) is 1.17. The molecule has 3 aromatic rings. The van der Waals surface area contributed by atoms with Crippen LogP contribution in [0.3, 0.4) is 0 Å². The van der Waals surface area contributed by atoms with Gasteiger partial charge in [-0.15, -0.1) is 8.78 Å². The molecule has 0 radical (unpaired) electrons. The number of hydrogen-bond donors (Lipinski definition) is 0. The van der Waals surface area contributed by atoms with Gasteiger partial charge in [-0.3, -0.25) is 4.90 Å². The minimum atomic E-state index is -3.69. The van der Waals surface area contributed by atoms with Gasteiger partial charge in [0.25, 0.3) is 0 Å². The van der Waals surface area contributed by atoms with Crippen LogP contribution < -0.4 is 14.4 Å². The number of carbonyl (C=O) groups is 1. The zero-order valence-electron chi connectivity index (χ0n) is 16.0. The smallest absolute Gasteiger partial charge is 0.395 e. The number of carbonyl (C=O) groups excluding carboxylic acids is 1. The van der Waals surface area contributed by atoms with Crippen molar-refractivity contribution < 1.29 is 27.6 Å². The monoisotopic (exact) mass is 415 g/mol. The molecule has 0 N–H and O–H groups in total. The van der Waals surface area contributed by atoms with E-state index in [0.29, 0.717) is 35.4 Å². The van der Waals surface area contributed by atoms with Crippen molar-refractivity contribution in [1.29, 1.82) is 0 Å². The number of anilines is 1. The van der Waals surface area contributed by atoms with Gasteiger partial charge in [-0.05, 0) is 49.1 Å². The molecule has 9 heteroatoms. The highest BCUT2D eigenvalue weighted by atomic mass is 19.3. The van der Waals surface area contributed by atoms with Crippen molar-refractivity contribution in [3.63, 3.8) is 0 Å². The maximum atomic E-state index is 13.4. The molecule has 156 valence electrons. The van der Waals surface area contributed by atoms with Crippen molar-refractivity contribution >= 4 is 22.8 Å². The summed E-state index contributed by atoms with van der Waals surface area (Å²) in [6.45, 7) is 1.45. The van der Waals surface area contributed by atoms with Crippen molar-refractivity contribution in [2.24, 2.45) is 0 Å². The Kier molecular flexibility index (Phi) is 4.45. The zero-order valence-corrected chi connectivity index (χ0v) is 16.0. The van der Waals surface area contributed by atoms with E-state index in [1.807, 2.05) is 18.2 Å². The Morgan fingerprint density at radius 3 is 2.67 bits per heavy atom. The topological polar surface area (TPSA) is 68.0 Å². The molecule has 30 heavy (non-hydrogen) atoms. The number of amides is 2. The maximum absolute atomic E-state index is 13.4. The fourth-order valence-electron chi connectivity index (χ4n) is 3.83. The summed E-state index contributed by atoms with van der Waals surface area (Å²) in [4.78, 5) is 16.7. The number of piperidine rings is 1. The van der Waals surface area contributed by atoms with Crippen LogP contribution >= 0.6 is 0 Å². The average molecular weight is 415 g/mol. The molecular formula is C21H19F2N3O4. The van der Waals surface area contributed by atoms with E-state index in [4.69, 9.17) is 4.52 Å². The molecule has 5 rings (SSSR count). The average Bonchev–Trinajstić information content (AvgIpc) is 3.31. The second kappa shape index (κ2) is 7.16. The number of benzene rings is 2. The van der Waals surface area contributed by atoms with Crippen molar-refractivity contribution in [1.82, 2.24) is 10.1 Å². The summed E-state index contributed by atoms with van der Waals surface area (Å²) in [5, 5.41) is 4.83. The van der Waals surface area contributed by atoms with Gasteiger partial charge in [0.15, 0.2) is 22.9 Å². The van der Waals surface area contributed by atoms with E-state index in [9.17, 15) is 13.6 Å². The highest BCUT2D eigenvalue weighted by Crippen LogP contribution is 2.41. The Morgan fingerprint density at radius 2 is 1.83 bits per heavy atom. The molecule has 1 saturated heterocycles. The van der Waals surface area contributed by atoms with Gasteiger partial charge in [0.1, 0.15) is 0 Å². The van der Waals surface area contributed by atoms with Gasteiger partial charge in [0.2, 0.25) is 0 Å². The van der Waals surface area contributed by atoms with Gasteiger partial charge in [0.05, 0.1) is 11.9 Å². The quantitative estimate of drug-likeness (QED) is 0.617. The number of aromatic nitrogens is 1. The molecule has 2 aliphatic rings. The molecule has 0 atom stereocenters. The lowest BCUT2D eigenvalue weighted by molar-refractivity contribution is -0.286. The largest absolute Gasteiger partial charge is 0.586 e. The number of para-hydroxylation sites is 1. The molecule has 2 aromatic carbocycles. The van der Waals surface area contributed by atoms with Crippen LogP contribution in [0.1, 0.15) is 24.8 Å². The van der Waals surface area contributed by atoms with Gasteiger partial charge in [-0.1, -0.05) is 23.4 Å². The molecule has 1 fully saturated rings. The summed E-state index contributed by atoms with van der Waals surface area (Å²) in [5.74, 6) is 0.293. The highest BCUT2D eigenvalue weighted by Gasteiger charge is 2.43. The van der Waals surface area contributed by atoms with Crippen LogP contribution in [0.4, 0.5) is 19.4 Å². The Bertz CT molecular complexity index is 1090. The number of rotatable bonds is 3. The minimum Gasteiger partial charge on any atom is -0.395 e. The fourth-order valence-corrected chi connectivity index (χ4v) is 3.83. The first-order valence-electron chi connectivity index (χ1n) is 9.80. The third kappa shape index (κ3) is 3.40. The zero-order chi connectivity index (χ0) is 20.7. The van der Waals surface area contributed by atoms with Crippen LogP contribution in [0.5, 0.6) is 11.5 Å². The Labute approximate surface area is 170 Å². The van der Waals surface area contributed by atoms with E-state index in [1.54, 1.807) is 17.0 Å². The van der Waals surface area contributed by atoms with Crippen molar-refractivity contribution in [2.75, 3.05) is 18.0 Å². The van der Waals surface area contributed by atoms with Crippen molar-refractivity contribution in [3.05, 3.63) is 48.0 Å². The first-order valence-corrected chi connectivity index (χ1v) is 9.80. The standard InChI is InChI=1S/C21H19F2N3O4/c22-21(23)28-17-9-8-14(12-18(17)29-21)13-26(20(27)25-10-4-1-5-11-25)19-15-6-2-3-7-16(15)30-24-19/h2-3,6-9,12H,1,4-5,10-11,13H2. The predicted molar refractivity (Wildman–Crippen MR) is 104 cm³/mol. The fraction of sp³-hybridized carbons (Fsp3) is 0.333.